The third kappa shape index (κ3) is 2.13. The number of fused-ring (bicyclic) bond motifs is 1. The van der Waals surface area contributed by atoms with Gasteiger partial charge in [0.25, 0.3) is 0 Å². The van der Waals surface area contributed by atoms with Crippen molar-refractivity contribution in [2.24, 2.45) is 0 Å². The summed E-state index contributed by atoms with van der Waals surface area (Å²) >= 11 is 1.80. The van der Waals surface area contributed by atoms with E-state index in [4.69, 9.17) is 4.74 Å². The molecule has 0 bridgehead atoms. The van der Waals surface area contributed by atoms with E-state index < -0.39 is 5.60 Å². The van der Waals surface area contributed by atoms with Crippen molar-refractivity contribution in [1.82, 2.24) is 0 Å². The highest BCUT2D eigenvalue weighted by Crippen LogP contribution is 2.44. The molecular formula is C16H16O2S. The van der Waals surface area contributed by atoms with Gasteiger partial charge in [-0.05, 0) is 30.2 Å². The first-order valence-corrected chi connectivity index (χ1v) is 7.32. The molecule has 1 unspecified atom stereocenters. The van der Waals surface area contributed by atoms with Crippen molar-refractivity contribution in [3.63, 3.8) is 0 Å². The largest absolute Gasteiger partial charge is 0.497 e. The van der Waals surface area contributed by atoms with Gasteiger partial charge < -0.3 is 9.84 Å². The van der Waals surface area contributed by atoms with Crippen LogP contribution in [0.1, 0.15) is 17.5 Å². The Hall–Kier alpha value is -1.45. The molecule has 1 atom stereocenters. The van der Waals surface area contributed by atoms with Gasteiger partial charge in [0.2, 0.25) is 0 Å². The summed E-state index contributed by atoms with van der Waals surface area (Å²) in [5.41, 5.74) is 0.996. The Labute approximate surface area is 117 Å². The van der Waals surface area contributed by atoms with Crippen molar-refractivity contribution in [3.8, 4) is 5.75 Å². The fourth-order valence-electron chi connectivity index (χ4n) is 2.56. The van der Waals surface area contributed by atoms with Crippen molar-refractivity contribution in [3.05, 3.63) is 59.7 Å². The summed E-state index contributed by atoms with van der Waals surface area (Å²) in [4.78, 5) is 1.17. The van der Waals surface area contributed by atoms with E-state index in [0.29, 0.717) is 0 Å². The van der Waals surface area contributed by atoms with Gasteiger partial charge in [-0.2, -0.15) is 0 Å². The van der Waals surface area contributed by atoms with Crippen LogP contribution in [-0.2, 0) is 5.60 Å². The quantitative estimate of drug-likeness (QED) is 0.908. The number of ether oxygens (including phenoxy) is 1. The number of thioether (sulfide) groups is 1. The van der Waals surface area contributed by atoms with Gasteiger partial charge in [-0.3, -0.25) is 0 Å². The first kappa shape index (κ1) is 12.6. The van der Waals surface area contributed by atoms with E-state index >= 15 is 0 Å². The molecule has 3 rings (SSSR count). The van der Waals surface area contributed by atoms with Crippen molar-refractivity contribution < 1.29 is 9.84 Å². The molecule has 1 aliphatic rings. The summed E-state index contributed by atoms with van der Waals surface area (Å²) in [5, 5.41) is 11.1. The zero-order chi connectivity index (χ0) is 13.3. The van der Waals surface area contributed by atoms with E-state index in [1.165, 1.54) is 4.90 Å². The molecule has 2 nitrogen and oxygen atoms in total. The number of hydrogen-bond acceptors (Lipinski definition) is 3. The molecular weight excluding hydrogens is 256 g/mol. The van der Waals surface area contributed by atoms with E-state index in [9.17, 15) is 5.11 Å². The maximum atomic E-state index is 11.1. The first-order valence-electron chi connectivity index (χ1n) is 6.33. The van der Waals surface area contributed by atoms with E-state index in [0.717, 1.165) is 29.1 Å². The third-order valence-corrected chi connectivity index (χ3v) is 4.68. The lowest BCUT2D eigenvalue weighted by molar-refractivity contribution is 0.0729. The Morgan fingerprint density at radius 2 is 2.00 bits per heavy atom. The summed E-state index contributed by atoms with van der Waals surface area (Å²) < 4.78 is 5.26. The number of hydrogen-bond donors (Lipinski definition) is 1. The van der Waals surface area contributed by atoms with Gasteiger partial charge in [0, 0.05) is 16.2 Å². The van der Waals surface area contributed by atoms with Gasteiger partial charge in [-0.25, -0.2) is 0 Å². The Kier molecular flexibility index (Phi) is 3.25. The summed E-state index contributed by atoms with van der Waals surface area (Å²) in [6.07, 6.45) is 0.724. The maximum Gasteiger partial charge on any atom is 0.119 e. The van der Waals surface area contributed by atoms with Crippen LogP contribution in [0.25, 0.3) is 0 Å². The summed E-state index contributed by atoms with van der Waals surface area (Å²) in [5.74, 6) is 1.70. The van der Waals surface area contributed by atoms with Gasteiger partial charge in [0.05, 0.1) is 7.11 Å². The second-order valence-electron chi connectivity index (χ2n) is 4.69. The smallest absolute Gasteiger partial charge is 0.119 e. The van der Waals surface area contributed by atoms with Crippen LogP contribution < -0.4 is 4.74 Å². The second kappa shape index (κ2) is 4.91. The minimum atomic E-state index is -0.906. The van der Waals surface area contributed by atoms with E-state index in [2.05, 4.69) is 6.07 Å². The van der Waals surface area contributed by atoms with Gasteiger partial charge in [0.15, 0.2) is 0 Å². The molecule has 2 aromatic rings. The van der Waals surface area contributed by atoms with Crippen LogP contribution in [0.5, 0.6) is 5.75 Å². The minimum absolute atomic E-state index is 0.724. The van der Waals surface area contributed by atoms with Crippen LogP contribution in [0.15, 0.2) is 53.4 Å². The Balaban J connectivity index is 2.13. The van der Waals surface area contributed by atoms with Crippen molar-refractivity contribution in [2.45, 2.75) is 16.9 Å². The van der Waals surface area contributed by atoms with Crippen LogP contribution in [-0.4, -0.2) is 18.0 Å². The molecule has 1 heterocycles. The summed E-state index contributed by atoms with van der Waals surface area (Å²) in [7, 11) is 1.65. The number of rotatable bonds is 2. The summed E-state index contributed by atoms with van der Waals surface area (Å²) in [6.45, 7) is 0. The average molecular weight is 272 g/mol. The van der Waals surface area contributed by atoms with Crippen molar-refractivity contribution in [1.29, 1.82) is 0 Å². The standard InChI is InChI=1S/C16H16O2S/c1-18-13-6-4-5-12(11-13)16(17)9-10-19-15-8-3-2-7-14(15)16/h2-8,11,17H,9-10H2,1H3. The Bertz CT molecular complexity index is 597. The van der Waals surface area contributed by atoms with Gasteiger partial charge in [-0.15, -0.1) is 11.8 Å². The van der Waals surface area contributed by atoms with Crippen LogP contribution in [0.2, 0.25) is 0 Å². The predicted octanol–water partition coefficient (Wildman–Crippen LogP) is 3.43. The minimum Gasteiger partial charge on any atom is -0.497 e. The molecule has 0 fully saturated rings. The number of methoxy groups -OCH3 is 1. The maximum absolute atomic E-state index is 11.1. The van der Waals surface area contributed by atoms with Crippen molar-refractivity contribution in [2.75, 3.05) is 12.9 Å². The Morgan fingerprint density at radius 1 is 1.16 bits per heavy atom. The topological polar surface area (TPSA) is 29.5 Å². The normalized spacial score (nSPS) is 21.8. The zero-order valence-electron chi connectivity index (χ0n) is 10.8. The molecule has 1 N–H and O–H groups in total. The number of aliphatic hydroxyl groups is 1. The van der Waals surface area contributed by atoms with Crippen LogP contribution >= 0.6 is 11.8 Å². The molecule has 3 heteroatoms. The highest BCUT2D eigenvalue weighted by Gasteiger charge is 2.36. The van der Waals surface area contributed by atoms with Gasteiger partial charge >= 0.3 is 0 Å². The van der Waals surface area contributed by atoms with Gasteiger partial charge in [-0.1, -0.05) is 30.3 Å². The van der Waals surface area contributed by atoms with Crippen LogP contribution in [0.3, 0.4) is 0 Å². The molecule has 0 spiro atoms. The van der Waals surface area contributed by atoms with Gasteiger partial charge in [0.1, 0.15) is 11.4 Å². The molecule has 2 aromatic carbocycles. The van der Waals surface area contributed by atoms with E-state index in [1.807, 2.05) is 42.5 Å². The monoisotopic (exact) mass is 272 g/mol. The molecule has 0 aromatic heterocycles. The second-order valence-corrected chi connectivity index (χ2v) is 5.82. The first-order chi connectivity index (χ1) is 9.24. The van der Waals surface area contributed by atoms with E-state index in [-0.39, 0.29) is 0 Å². The fourth-order valence-corrected chi connectivity index (χ4v) is 3.74. The van der Waals surface area contributed by atoms with E-state index in [1.54, 1.807) is 18.9 Å². The molecule has 0 radical (unpaired) electrons. The third-order valence-electron chi connectivity index (χ3n) is 3.60. The highest BCUT2D eigenvalue weighted by atomic mass is 32.2. The Morgan fingerprint density at radius 3 is 2.84 bits per heavy atom. The molecule has 0 saturated heterocycles. The molecule has 1 aliphatic heterocycles. The molecule has 0 aliphatic carbocycles. The molecule has 98 valence electrons. The lowest BCUT2D eigenvalue weighted by Crippen LogP contribution is -2.31. The lowest BCUT2D eigenvalue weighted by Gasteiger charge is -2.34. The van der Waals surface area contributed by atoms with Crippen LogP contribution in [0.4, 0.5) is 0 Å². The zero-order valence-corrected chi connectivity index (χ0v) is 11.6. The SMILES string of the molecule is COc1cccc(C2(O)CCSc3ccccc32)c1. The number of benzene rings is 2. The lowest BCUT2D eigenvalue weighted by atomic mass is 9.83. The molecule has 19 heavy (non-hydrogen) atoms. The van der Waals surface area contributed by atoms with Crippen molar-refractivity contribution >= 4 is 11.8 Å². The predicted molar refractivity (Wildman–Crippen MR) is 77.8 cm³/mol. The molecule has 0 amide bonds. The summed E-state index contributed by atoms with van der Waals surface area (Å²) in [6, 6.07) is 15.8. The van der Waals surface area contributed by atoms with Crippen LogP contribution in [0, 0.1) is 0 Å². The fraction of sp³-hybridized carbons (Fsp3) is 0.250. The highest BCUT2D eigenvalue weighted by molar-refractivity contribution is 7.99. The average Bonchev–Trinajstić information content (AvgIpc) is 2.48. The molecule has 0 saturated carbocycles.